The maximum absolute atomic E-state index is 12.8. The summed E-state index contributed by atoms with van der Waals surface area (Å²) in [5.41, 5.74) is 1.37. The molecule has 2 fully saturated rings. The lowest BCUT2D eigenvalue weighted by atomic mass is 10.1. The summed E-state index contributed by atoms with van der Waals surface area (Å²) in [7, 11) is 2.15. The Balaban J connectivity index is 1.46. The summed E-state index contributed by atoms with van der Waals surface area (Å²) in [5.74, 6) is 0.660. The van der Waals surface area contributed by atoms with Gasteiger partial charge in [0.15, 0.2) is 0 Å². The van der Waals surface area contributed by atoms with E-state index in [2.05, 4.69) is 32.2 Å². The van der Waals surface area contributed by atoms with Crippen molar-refractivity contribution in [3.8, 4) is 0 Å². The largest absolute Gasteiger partial charge is 0.356 e. The number of hydrogen-bond donors (Lipinski definition) is 1. The number of hydrogen-bond acceptors (Lipinski definition) is 5. The van der Waals surface area contributed by atoms with E-state index in [0.717, 1.165) is 63.4 Å². The second-order valence-electron chi connectivity index (χ2n) is 7.27. The Morgan fingerprint density at radius 2 is 1.96 bits per heavy atom. The second kappa shape index (κ2) is 7.45. The summed E-state index contributed by atoms with van der Waals surface area (Å²) in [6.07, 6.45) is 9.92. The Kier molecular flexibility index (Phi) is 4.88. The molecule has 1 amide bonds. The number of likely N-dealkylation sites (tertiary alicyclic amines) is 1. The van der Waals surface area contributed by atoms with Crippen LogP contribution in [0.5, 0.6) is 0 Å². The van der Waals surface area contributed by atoms with Crippen LogP contribution in [-0.4, -0.2) is 58.8 Å². The highest BCUT2D eigenvalue weighted by Gasteiger charge is 2.22. The van der Waals surface area contributed by atoms with Crippen molar-refractivity contribution in [2.45, 2.75) is 31.7 Å². The van der Waals surface area contributed by atoms with Crippen LogP contribution in [0.15, 0.2) is 30.7 Å². The molecule has 4 rings (SSSR count). The first-order valence-corrected chi connectivity index (χ1v) is 9.45. The van der Waals surface area contributed by atoms with Crippen molar-refractivity contribution < 1.29 is 4.79 Å². The Hall–Kier alpha value is -2.41. The van der Waals surface area contributed by atoms with Gasteiger partial charge >= 0.3 is 0 Å². The third kappa shape index (κ3) is 3.58. The maximum atomic E-state index is 12.8. The van der Waals surface area contributed by atoms with Crippen LogP contribution in [0.3, 0.4) is 0 Å². The van der Waals surface area contributed by atoms with Gasteiger partial charge in [-0.1, -0.05) is 0 Å². The summed E-state index contributed by atoms with van der Waals surface area (Å²) < 4.78 is 1.99. The van der Waals surface area contributed by atoms with Crippen LogP contribution in [0.25, 0.3) is 0 Å². The van der Waals surface area contributed by atoms with E-state index in [0.29, 0.717) is 11.6 Å². The molecule has 0 unspecified atom stereocenters. The molecule has 7 heteroatoms. The van der Waals surface area contributed by atoms with Crippen LogP contribution in [0.2, 0.25) is 0 Å². The van der Waals surface area contributed by atoms with Crippen molar-refractivity contribution in [3.63, 3.8) is 0 Å². The zero-order valence-corrected chi connectivity index (χ0v) is 15.3. The molecule has 2 aliphatic heterocycles. The number of anilines is 2. The molecule has 26 heavy (non-hydrogen) atoms. The summed E-state index contributed by atoms with van der Waals surface area (Å²) in [6, 6.07) is 4.07. The lowest BCUT2D eigenvalue weighted by Crippen LogP contribution is -2.31. The quantitative estimate of drug-likeness (QED) is 0.913. The van der Waals surface area contributed by atoms with Crippen molar-refractivity contribution in [2.75, 3.05) is 43.4 Å². The molecule has 7 nitrogen and oxygen atoms in total. The van der Waals surface area contributed by atoms with Gasteiger partial charge in [0, 0.05) is 25.5 Å². The number of nitrogens with one attached hydrogen (secondary N) is 1. The van der Waals surface area contributed by atoms with Crippen LogP contribution < -0.4 is 10.2 Å². The minimum Gasteiger partial charge on any atom is -0.356 e. The molecule has 0 bridgehead atoms. The number of rotatable bonds is 4. The second-order valence-corrected chi connectivity index (χ2v) is 7.27. The van der Waals surface area contributed by atoms with Gasteiger partial charge < -0.3 is 15.1 Å². The number of carbonyl (C=O) groups excluding carboxylic acids is 1. The Labute approximate surface area is 154 Å². The van der Waals surface area contributed by atoms with E-state index in [1.165, 1.54) is 0 Å². The van der Waals surface area contributed by atoms with Crippen LogP contribution in [0.1, 0.15) is 42.1 Å². The van der Waals surface area contributed by atoms with Crippen LogP contribution in [-0.2, 0) is 0 Å². The van der Waals surface area contributed by atoms with E-state index in [9.17, 15) is 4.79 Å². The predicted molar refractivity (Wildman–Crippen MR) is 102 cm³/mol. The van der Waals surface area contributed by atoms with E-state index in [1.54, 1.807) is 12.4 Å². The number of aromatic nitrogens is 3. The molecule has 0 aromatic carbocycles. The van der Waals surface area contributed by atoms with E-state index < -0.39 is 0 Å². The molecule has 138 valence electrons. The Morgan fingerprint density at radius 3 is 2.73 bits per heavy atom. The van der Waals surface area contributed by atoms with E-state index in [1.807, 2.05) is 23.0 Å². The van der Waals surface area contributed by atoms with Crippen molar-refractivity contribution in [2.24, 2.45) is 0 Å². The predicted octanol–water partition coefficient (Wildman–Crippen LogP) is 2.40. The highest BCUT2D eigenvalue weighted by atomic mass is 16.1. The summed E-state index contributed by atoms with van der Waals surface area (Å²) in [6.45, 7) is 4.10. The fourth-order valence-corrected chi connectivity index (χ4v) is 3.82. The normalized spacial score (nSPS) is 19.0. The summed E-state index contributed by atoms with van der Waals surface area (Å²) in [5, 5.41) is 7.46. The molecule has 2 aromatic heterocycles. The van der Waals surface area contributed by atoms with Crippen LogP contribution in [0.4, 0.5) is 11.5 Å². The van der Waals surface area contributed by atoms with E-state index in [4.69, 9.17) is 0 Å². The zero-order chi connectivity index (χ0) is 17.9. The van der Waals surface area contributed by atoms with Crippen molar-refractivity contribution >= 4 is 17.4 Å². The molecule has 0 radical (unpaired) electrons. The molecular weight excluding hydrogens is 328 g/mol. The molecule has 0 saturated carbocycles. The van der Waals surface area contributed by atoms with Gasteiger partial charge in [-0.05, 0) is 58.0 Å². The Bertz CT molecular complexity index is 759. The first-order chi connectivity index (χ1) is 12.7. The first kappa shape index (κ1) is 17.0. The van der Waals surface area contributed by atoms with E-state index >= 15 is 0 Å². The smallest absolute Gasteiger partial charge is 0.259 e. The number of piperidine rings is 1. The van der Waals surface area contributed by atoms with Gasteiger partial charge in [0.1, 0.15) is 5.82 Å². The fraction of sp³-hybridized carbons (Fsp3) is 0.526. The van der Waals surface area contributed by atoms with Gasteiger partial charge in [0.2, 0.25) is 0 Å². The van der Waals surface area contributed by atoms with Crippen LogP contribution in [0, 0.1) is 0 Å². The van der Waals surface area contributed by atoms with Gasteiger partial charge in [-0.15, -0.1) is 0 Å². The van der Waals surface area contributed by atoms with E-state index in [-0.39, 0.29) is 5.91 Å². The van der Waals surface area contributed by atoms with Gasteiger partial charge in [0.05, 0.1) is 23.5 Å². The third-order valence-electron chi connectivity index (χ3n) is 5.36. The SMILES string of the molecule is CN1CCC(n2cc(NC(=O)c3cccnc3N3CCCC3)cn2)CC1. The molecule has 2 aliphatic rings. The average molecular weight is 354 g/mol. The molecule has 0 aliphatic carbocycles. The lowest BCUT2D eigenvalue weighted by molar-refractivity contribution is 0.102. The van der Waals surface area contributed by atoms with Crippen LogP contribution >= 0.6 is 0 Å². The van der Waals surface area contributed by atoms with Crippen molar-refractivity contribution in [1.82, 2.24) is 19.7 Å². The number of amides is 1. The number of nitrogens with zero attached hydrogens (tertiary/aromatic N) is 5. The molecule has 0 atom stereocenters. The zero-order valence-electron chi connectivity index (χ0n) is 15.3. The van der Waals surface area contributed by atoms with Crippen molar-refractivity contribution in [1.29, 1.82) is 0 Å². The highest BCUT2D eigenvalue weighted by Crippen LogP contribution is 2.24. The Morgan fingerprint density at radius 1 is 1.19 bits per heavy atom. The highest BCUT2D eigenvalue weighted by molar-refractivity contribution is 6.07. The van der Waals surface area contributed by atoms with Gasteiger partial charge in [0.25, 0.3) is 5.91 Å². The molecule has 4 heterocycles. The molecule has 2 aromatic rings. The lowest BCUT2D eigenvalue weighted by Gasteiger charge is -2.28. The molecule has 1 N–H and O–H groups in total. The third-order valence-corrected chi connectivity index (χ3v) is 5.36. The average Bonchev–Trinajstić information content (AvgIpc) is 3.34. The van der Waals surface area contributed by atoms with Crippen molar-refractivity contribution in [3.05, 3.63) is 36.3 Å². The first-order valence-electron chi connectivity index (χ1n) is 9.45. The standard InChI is InChI=1S/C19H26N6O/c1-23-11-6-16(7-12-23)25-14-15(13-21-25)22-19(26)17-5-4-8-20-18(17)24-9-2-3-10-24/h4-5,8,13-14,16H,2-3,6-7,9-12H2,1H3,(H,22,26). The van der Waals surface area contributed by atoms with Gasteiger partial charge in [-0.25, -0.2) is 4.98 Å². The topological polar surface area (TPSA) is 66.3 Å². The fourth-order valence-electron chi connectivity index (χ4n) is 3.82. The molecule has 0 spiro atoms. The summed E-state index contributed by atoms with van der Waals surface area (Å²) in [4.78, 5) is 21.8. The minimum absolute atomic E-state index is 0.122. The minimum atomic E-state index is -0.122. The number of carbonyl (C=O) groups is 1. The van der Waals surface area contributed by atoms with Gasteiger partial charge in [-0.2, -0.15) is 5.10 Å². The summed E-state index contributed by atoms with van der Waals surface area (Å²) >= 11 is 0. The van der Waals surface area contributed by atoms with Gasteiger partial charge in [-0.3, -0.25) is 9.48 Å². The monoisotopic (exact) mass is 354 g/mol. The molecule has 2 saturated heterocycles. The number of pyridine rings is 1. The maximum Gasteiger partial charge on any atom is 0.259 e. The molecular formula is C19H26N6O.